The van der Waals surface area contributed by atoms with Crippen LogP contribution in [0.5, 0.6) is 0 Å². The van der Waals surface area contributed by atoms with Crippen LogP contribution >= 0.6 is 11.8 Å². The number of rotatable bonds is 5. The number of nitriles is 1. The molecule has 180 valence electrons. The number of nitro groups is 1. The fourth-order valence-electron chi connectivity index (χ4n) is 4.26. The highest BCUT2D eigenvalue weighted by molar-refractivity contribution is 7.99. The number of non-ortho nitro benzene ring substituents is 1. The lowest BCUT2D eigenvalue weighted by molar-refractivity contribution is -0.384. The van der Waals surface area contributed by atoms with Crippen LogP contribution in [0.15, 0.2) is 52.5 Å². The number of hydrogen-bond donors (Lipinski definition) is 1. The Labute approximate surface area is 208 Å². The highest BCUT2D eigenvalue weighted by Gasteiger charge is 2.30. The van der Waals surface area contributed by atoms with Crippen LogP contribution in [0.3, 0.4) is 0 Å². The maximum atomic E-state index is 13.4. The third-order valence-electron chi connectivity index (χ3n) is 5.98. The molecule has 0 saturated carbocycles. The van der Waals surface area contributed by atoms with Crippen LogP contribution in [-0.2, 0) is 4.79 Å². The number of hydrogen-bond acceptors (Lipinski definition) is 8. The Morgan fingerprint density at radius 2 is 2.11 bits per heavy atom. The van der Waals surface area contributed by atoms with Gasteiger partial charge in [0.25, 0.3) is 11.2 Å². The zero-order chi connectivity index (χ0) is 25.6. The van der Waals surface area contributed by atoms with Crippen molar-refractivity contribution < 1.29 is 9.72 Å². The van der Waals surface area contributed by atoms with Crippen molar-refractivity contribution in [2.45, 2.75) is 31.5 Å². The molecule has 0 fully saturated rings. The van der Waals surface area contributed by atoms with Crippen LogP contribution in [0.2, 0.25) is 0 Å². The molecule has 0 bridgehead atoms. The molecule has 1 atom stereocenters. The van der Waals surface area contributed by atoms with E-state index >= 15 is 0 Å². The molecular formula is C24H19N7O4S. The molecule has 4 aromatic rings. The van der Waals surface area contributed by atoms with E-state index in [9.17, 15) is 25.0 Å². The summed E-state index contributed by atoms with van der Waals surface area (Å²) in [6, 6.07) is 11.0. The average molecular weight is 502 g/mol. The van der Waals surface area contributed by atoms with Gasteiger partial charge in [0.1, 0.15) is 11.5 Å². The SMILES string of the molecule is Cc1ccc(-n2ncc3c(=O)n4c(nc32)SCC4CC(=O)Nc2ccc([N+](=O)[O-])cc2C#N)c(C)c1. The molecule has 0 aliphatic carbocycles. The van der Waals surface area contributed by atoms with Gasteiger partial charge in [-0.3, -0.25) is 24.3 Å². The summed E-state index contributed by atoms with van der Waals surface area (Å²) in [7, 11) is 0. The second-order valence-electron chi connectivity index (χ2n) is 8.47. The fourth-order valence-corrected chi connectivity index (χ4v) is 5.39. The first kappa shape index (κ1) is 23.3. The summed E-state index contributed by atoms with van der Waals surface area (Å²) in [5.74, 6) is 0.0572. The number of nitro benzene ring substituents is 1. The molecule has 3 heterocycles. The number of thioether (sulfide) groups is 1. The predicted octanol–water partition coefficient (Wildman–Crippen LogP) is 3.65. The van der Waals surface area contributed by atoms with E-state index in [1.165, 1.54) is 34.7 Å². The fraction of sp³-hybridized carbons (Fsp3) is 0.208. The number of aromatic nitrogens is 4. The van der Waals surface area contributed by atoms with Crippen molar-refractivity contribution in [2.24, 2.45) is 0 Å². The third-order valence-corrected chi connectivity index (χ3v) is 7.08. The van der Waals surface area contributed by atoms with E-state index < -0.39 is 16.9 Å². The van der Waals surface area contributed by atoms with E-state index in [0.717, 1.165) is 22.9 Å². The van der Waals surface area contributed by atoms with Crippen LogP contribution in [-0.4, -0.2) is 35.9 Å². The zero-order valence-electron chi connectivity index (χ0n) is 19.3. The van der Waals surface area contributed by atoms with Crippen LogP contribution in [0, 0.1) is 35.3 Å². The number of amides is 1. The number of aryl methyl sites for hydroxylation is 2. The number of nitrogens with zero attached hydrogens (tertiary/aromatic N) is 6. The van der Waals surface area contributed by atoms with Crippen molar-refractivity contribution in [3.05, 3.63) is 79.8 Å². The molecule has 5 rings (SSSR count). The number of benzene rings is 2. The molecule has 0 radical (unpaired) electrons. The van der Waals surface area contributed by atoms with Gasteiger partial charge in [-0.1, -0.05) is 29.5 Å². The highest BCUT2D eigenvalue weighted by Crippen LogP contribution is 2.34. The summed E-state index contributed by atoms with van der Waals surface area (Å²) in [5.41, 5.74) is 3.06. The number of carbonyl (C=O) groups excluding carboxylic acids is 1. The van der Waals surface area contributed by atoms with Gasteiger partial charge in [-0.05, 0) is 31.5 Å². The summed E-state index contributed by atoms with van der Waals surface area (Å²) < 4.78 is 3.17. The molecule has 12 heteroatoms. The maximum absolute atomic E-state index is 13.4. The maximum Gasteiger partial charge on any atom is 0.270 e. The zero-order valence-corrected chi connectivity index (χ0v) is 20.1. The van der Waals surface area contributed by atoms with E-state index in [-0.39, 0.29) is 28.9 Å². The monoisotopic (exact) mass is 501 g/mol. The second kappa shape index (κ2) is 8.94. The van der Waals surface area contributed by atoms with Gasteiger partial charge in [-0.2, -0.15) is 10.4 Å². The van der Waals surface area contributed by atoms with Gasteiger partial charge in [-0.25, -0.2) is 9.67 Å². The van der Waals surface area contributed by atoms with Crippen LogP contribution in [0.4, 0.5) is 11.4 Å². The Hall–Kier alpha value is -4.50. The summed E-state index contributed by atoms with van der Waals surface area (Å²) in [4.78, 5) is 41.2. The normalized spacial score (nSPS) is 14.4. The summed E-state index contributed by atoms with van der Waals surface area (Å²) in [6.45, 7) is 3.98. The minimum absolute atomic E-state index is 0.0156. The van der Waals surface area contributed by atoms with Crippen molar-refractivity contribution in [3.63, 3.8) is 0 Å². The molecular weight excluding hydrogens is 482 g/mol. The Morgan fingerprint density at radius 3 is 2.83 bits per heavy atom. The van der Waals surface area contributed by atoms with Crippen LogP contribution in [0.25, 0.3) is 16.7 Å². The molecule has 0 spiro atoms. The Bertz CT molecular complexity index is 1670. The van der Waals surface area contributed by atoms with E-state index in [1.54, 1.807) is 4.68 Å². The van der Waals surface area contributed by atoms with Crippen molar-refractivity contribution in [3.8, 4) is 11.8 Å². The van der Waals surface area contributed by atoms with E-state index in [4.69, 9.17) is 4.98 Å². The topological polar surface area (TPSA) is 149 Å². The van der Waals surface area contributed by atoms with Crippen molar-refractivity contribution in [1.82, 2.24) is 19.3 Å². The lowest BCUT2D eigenvalue weighted by Crippen LogP contribution is -2.28. The van der Waals surface area contributed by atoms with Crippen molar-refractivity contribution >= 4 is 40.1 Å². The summed E-state index contributed by atoms with van der Waals surface area (Å²) >= 11 is 1.38. The summed E-state index contributed by atoms with van der Waals surface area (Å²) in [5, 5.41) is 28.2. The standard InChI is InChI=1S/C24H19N7O4S/c1-13-3-6-20(14(2)7-13)30-22-18(11-26-30)23(33)29-17(12-36-24(29)28-22)9-21(32)27-19-5-4-16(31(34)35)8-15(19)10-25/h3-8,11,17H,9,12H2,1-2H3,(H,27,32). The van der Waals surface area contributed by atoms with Gasteiger partial charge >= 0.3 is 0 Å². The molecule has 2 aromatic carbocycles. The molecule has 1 unspecified atom stereocenters. The summed E-state index contributed by atoms with van der Waals surface area (Å²) in [6.07, 6.45) is 1.47. The van der Waals surface area contributed by atoms with Gasteiger partial charge in [0.05, 0.1) is 34.1 Å². The molecule has 1 aliphatic heterocycles. The Kier molecular flexibility index (Phi) is 5.77. The number of carbonyl (C=O) groups is 1. The lowest BCUT2D eigenvalue weighted by Gasteiger charge is -2.14. The lowest BCUT2D eigenvalue weighted by atomic mass is 10.1. The molecule has 2 aromatic heterocycles. The molecule has 0 saturated heterocycles. The number of fused-ring (bicyclic) bond motifs is 2. The Balaban J connectivity index is 1.43. The quantitative estimate of drug-likeness (QED) is 0.247. The van der Waals surface area contributed by atoms with Gasteiger partial charge in [0, 0.05) is 24.3 Å². The predicted molar refractivity (Wildman–Crippen MR) is 133 cm³/mol. The average Bonchev–Trinajstić information content (AvgIpc) is 3.44. The van der Waals surface area contributed by atoms with E-state index in [2.05, 4.69) is 10.4 Å². The van der Waals surface area contributed by atoms with E-state index in [1.807, 2.05) is 38.1 Å². The molecule has 1 N–H and O–H groups in total. The second-order valence-corrected chi connectivity index (χ2v) is 9.46. The minimum atomic E-state index is -0.610. The first-order valence-electron chi connectivity index (χ1n) is 11.0. The molecule has 36 heavy (non-hydrogen) atoms. The largest absolute Gasteiger partial charge is 0.325 e. The first-order valence-corrected chi connectivity index (χ1v) is 11.9. The first-order chi connectivity index (χ1) is 17.3. The number of anilines is 1. The highest BCUT2D eigenvalue weighted by atomic mass is 32.2. The van der Waals surface area contributed by atoms with Crippen LogP contribution in [0.1, 0.15) is 29.2 Å². The molecule has 1 aliphatic rings. The minimum Gasteiger partial charge on any atom is -0.325 e. The van der Waals surface area contributed by atoms with Crippen molar-refractivity contribution in [2.75, 3.05) is 11.1 Å². The van der Waals surface area contributed by atoms with Gasteiger partial charge in [0.15, 0.2) is 10.8 Å². The Morgan fingerprint density at radius 1 is 1.31 bits per heavy atom. The molecule has 1 amide bonds. The number of nitrogens with one attached hydrogen (secondary N) is 1. The third kappa shape index (κ3) is 3.99. The van der Waals surface area contributed by atoms with Crippen molar-refractivity contribution in [1.29, 1.82) is 5.26 Å². The van der Waals surface area contributed by atoms with Gasteiger partial charge in [0.2, 0.25) is 5.91 Å². The van der Waals surface area contributed by atoms with E-state index in [0.29, 0.717) is 21.9 Å². The van der Waals surface area contributed by atoms with Crippen LogP contribution < -0.4 is 10.9 Å². The van der Waals surface area contributed by atoms with Gasteiger partial charge in [-0.15, -0.1) is 0 Å². The van der Waals surface area contributed by atoms with Gasteiger partial charge < -0.3 is 5.32 Å². The molecule has 11 nitrogen and oxygen atoms in total. The smallest absolute Gasteiger partial charge is 0.270 e.